The molecule has 2 rings (SSSR count). The lowest BCUT2D eigenvalue weighted by atomic mass is 10.0. The standard InChI is InChI=1S/C17H22N2O3/c1-6-19(10(2)3)17(21)15(20)12-9-18-13-8-7-11(4)16(22-5)14(12)13/h7-10,18H,6H2,1-5H3. The van der Waals surface area contributed by atoms with Gasteiger partial charge in [0.2, 0.25) is 0 Å². The first-order chi connectivity index (χ1) is 10.4. The lowest BCUT2D eigenvalue weighted by molar-refractivity contribution is -0.127. The number of fused-ring (bicyclic) bond motifs is 1. The topological polar surface area (TPSA) is 62.4 Å². The van der Waals surface area contributed by atoms with E-state index in [0.717, 1.165) is 11.1 Å². The molecule has 0 aliphatic rings. The smallest absolute Gasteiger partial charge is 0.295 e. The third kappa shape index (κ3) is 2.58. The van der Waals surface area contributed by atoms with Gasteiger partial charge < -0.3 is 14.6 Å². The fraction of sp³-hybridized carbons (Fsp3) is 0.412. The van der Waals surface area contributed by atoms with Crippen molar-refractivity contribution in [3.8, 4) is 5.75 Å². The van der Waals surface area contributed by atoms with E-state index >= 15 is 0 Å². The van der Waals surface area contributed by atoms with Crippen LogP contribution < -0.4 is 4.74 Å². The molecule has 0 bridgehead atoms. The molecule has 22 heavy (non-hydrogen) atoms. The molecule has 0 saturated heterocycles. The predicted octanol–water partition coefficient (Wildman–Crippen LogP) is 2.92. The molecule has 0 spiro atoms. The molecule has 1 amide bonds. The van der Waals surface area contributed by atoms with E-state index in [2.05, 4.69) is 4.98 Å². The monoisotopic (exact) mass is 302 g/mol. The van der Waals surface area contributed by atoms with Gasteiger partial charge in [-0.2, -0.15) is 0 Å². The number of nitrogens with zero attached hydrogens (tertiary/aromatic N) is 1. The van der Waals surface area contributed by atoms with Crippen molar-refractivity contribution in [1.29, 1.82) is 0 Å². The molecular weight excluding hydrogens is 280 g/mol. The van der Waals surface area contributed by atoms with Crippen molar-refractivity contribution in [2.24, 2.45) is 0 Å². The highest BCUT2D eigenvalue weighted by Crippen LogP contribution is 2.32. The third-order valence-corrected chi connectivity index (χ3v) is 3.86. The predicted molar refractivity (Wildman–Crippen MR) is 86.4 cm³/mol. The molecule has 5 nitrogen and oxygen atoms in total. The summed E-state index contributed by atoms with van der Waals surface area (Å²) in [6.07, 6.45) is 1.58. The van der Waals surface area contributed by atoms with E-state index in [4.69, 9.17) is 4.74 Å². The molecule has 0 atom stereocenters. The van der Waals surface area contributed by atoms with E-state index in [1.165, 1.54) is 0 Å². The van der Waals surface area contributed by atoms with Crippen molar-refractivity contribution < 1.29 is 14.3 Å². The largest absolute Gasteiger partial charge is 0.496 e. The van der Waals surface area contributed by atoms with Crippen LogP contribution in [0.25, 0.3) is 10.9 Å². The molecule has 0 fully saturated rings. The van der Waals surface area contributed by atoms with Crippen LogP contribution in [0.2, 0.25) is 0 Å². The summed E-state index contributed by atoms with van der Waals surface area (Å²) in [6.45, 7) is 8.07. The fourth-order valence-corrected chi connectivity index (χ4v) is 2.73. The van der Waals surface area contributed by atoms with E-state index in [9.17, 15) is 9.59 Å². The van der Waals surface area contributed by atoms with Crippen LogP contribution in [0.5, 0.6) is 5.75 Å². The molecule has 0 radical (unpaired) electrons. The third-order valence-electron chi connectivity index (χ3n) is 3.86. The Kier molecular flexibility index (Phi) is 4.54. The Labute approximate surface area is 130 Å². The minimum Gasteiger partial charge on any atom is -0.496 e. The summed E-state index contributed by atoms with van der Waals surface area (Å²) in [4.78, 5) is 29.7. The van der Waals surface area contributed by atoms with Gasteiger partial charge in [0.05, 0.1) is 18.1 Å². The highest BCUT2D eigenvalue weighted by molar-refractivity contribution is 6.45. The Morgan fingerprint density at radius 1 is 1.32 bits per heavy atom. The maximum Gasteiger partial charge on any atom is 0.295 e. The first-order valence-electron chi connectivity index (χ1n) is 7.42. The van der Waals surface area contributed by atoms with Crippen LogP contribution in [-0.2, 0) is 4.79 Å². The van der Waals surface area contributed by atoms with Gasteiger partial charge in [-0.15, -0.1) is 0 Å². The van der Waals surface area contributed by atoms with E-state index in [1.807, 2.05) is 39.8 Å². The SMILES string of the molecule is CCN(C(=O)C(=O)c1c[nH]c2ccc(C)c(OC)c12)C(C)C. The second kappa shape index (κ2) is 6.22. The molecule has 0 aliphatic heterocycles. The molecule has 1 heterocycles. The minimum atomic E-state index is -0.509. The number of ketones is 1. The normalized spacial score (nSPS) is 11.0. The summed E-state index contributed by atoms with van der Waals surface area (Å²) in [6, 6.07) is 3.78. The molecule has 2 aromatic rings. The summed E-state index contributed by atoms with van der Waals surface area (Å²) in [5.41, 5.74) is 2.07. The van der Waals surface area contributed by atoms with E-state index < -0.39 is 11.7 Å². The van der Waals surface area contributed by atoms with Gasteiger partial charge in [0, 0.05) is 24.3 Å². The molecule has 0 aliphatic carbocycles. The number of Topliss-reactive ketones (excluding diaryl/α,β-unsaturated/α-hetero) is 1. The fourth-order valence-electron chi connectivity index (χ4n) is 2.73. The second-order valence-corrected chi connectivity index (χ2v) is 5.55. The number of methoxy groups -OCH3 is 1. The number of hydrogen-bond donors (Lipinski definition) is 1. The van der Waals surface area contributed by atoms with Crippen LogP contribution in [0.4, 0.5) is 0 Å². The zero-order valence-corrected chi connectivity index (χ0v) is 13.7. The number of benzene rings is 1. The zero-order chi connectivity index (χ0) is 16.4. The Balaban J connectivity index is 2.53. The number of rotatable bonds is 5. The number of carbonyl (C=O) groups excluding carboxylic acids is 2. The maximum atomic E-state index is 12.6. The number of aromatic nitrogens is 1. The van der Waals surface area contributed by atoms with Crippen LogP contribution in [0.15, 0.2) is 18.3 Å². The number of ether oxygens (including phenoxy) is 1. The van der Waals surface area contributed by atoms with Gasteiger partial charge in [-0.3, -0.25) is 9.59 Å². The van der Waals surface area contributed by atoms with Gasteiger partial charge in [-0.25, -0.2) is 0 Å². The van der Waals surface area contributed by atoms with Gasteiger partial charge in [-0.1, -0.05) is 6.07 Å². The molecule has 1 aromatic heterocycles. The number of aryl methyl sites for hydroxylation is 1. The van der Waals surface area contributed by atoms with Gasteiger partial charge in [0.15, 0.2) is 0 Å². The maximum absolute atomic E-state index is 12.6. The van der Waals surface area contributed by atoms with Crippen LogP contribution >= 0.6 is 0 Å². The highest BCUT2D eigenvalue weighted by Gasteiger charge is 2.27. The van der Waals surface area contributed by atoms with Crippen molar-refractivity contribution in [1.82, 2.24) is 9.88 Å². The van der Waals surface area contributed by atoms with Gasteiger partial charge in [-0.05, 0) is 39.3 Å². The second-order valence-electron chi connectivity index (χ2n) is 5.55. The summed E-state index contributed by atoms with van der Waals surface area (Å²) < 4.78 is 5.42. The number of H-pyrrole nitrogens is 1. The van der Waals surface area contributed by atoms with Crippen LogP contribution in [0.1, 0.15) is 36.7 Å². The van der Waals surface area contributed by atoms with E-state index in [1.54, 1.807) is 18.2 Å². The van der Waals surface area contributed by atoms with E-state index in [0.29, 0.717) is 23.2 Å². The molecule has 118 valence electrons. The number of aromatic amines is 1. The van der Waals surface area contributed by atoms with Gasteiger partial charge in [0.25, 0.3) is 11.7 Å². The summed E-state index contributed by atoms with van der Waals surface area (Å²) in [7, 11) is 1.57. The number of carbonyl (C=O) groups is 2. The Morgan fingerprint density at radius 3 is 2.55 bits per heavy atom. The van der Waals surface area contributed by atoms with Crippen LogP contribution in [0.3, 0.4) is 0 Å². The van der Waals surface area contributed by atoms with Crippen LogP contribution in [-0.4, -0.2) is 41.3 Å². The number of hydrogen-bond acceptors (Lipinski definition) is 3. The van der Waals surface area contributed by atoms with Crippen molar-refractivity contribution >= 4 is 22.6 Å². The molecule has 1 N–H and O–H groups in total. The van der Waals surface area contributed by atoms with Gasteiger partial charge >= 0.3 is 0 Å². The quantitative estimate of drug-likeness (QED) is 0.682. The molecule has 0 unspecified atom stereocenters. The molecular formula is C17H22N2O3. The summed E-state index contributed by atoms with van der Waals surface area (Å²) in [5.74, 6) is -0.366. The Morgan fingerprint density at radius 2 is 2.00 bits per heavy atom. The number of amides is 1. The zero-order valence-electron chi connectivity index (χ0n) is 13.7. The van der Waals surface area contributed by atoms with Crippen LogP contribution in [0, 0.1) is 6.92 Å². The Hall–Kier alpha value is -2.30. The van der Waals surface area contributed by atoms with Crippen molar-refractivity contribution in [2.75, 3.05) is 13.7 Å². The summed E-state index contributed by atoms with van der Waals surface area (Å²) >= 11 is 0. The van der Waals surface area contributed by atoms with E-state index in [-0.39, 0.29) is 6.04 Å². The first kappa shape index (κ1) is 16.1. The Bertz CT molecular complexity index is 716. The molecule has 1 aromatic carbocycles. The summed E-state index contributed by atoms with van der Waals surface area (Å²) in [5, 5.41) is 0.667. The molecule has 5 heteroatoms. The first-order valence-corrected chi connectivity index (χ1v) is 7.42. The molecule has 0 saturated carbocycles. The average molecular weight is 302 g/mol. The van der Waals surface area contributed by atoms with Gasteiger partial charge in [0.1, 0.15) is 5.75 Å². The minimum absolute atomic E-state index is 0.0183. The van der Waals surface area contributed by atoms with Crippen molar-refractivity contribution in [3.05, 3.63) is 29.5 Å². The lowest BCUT2D eigenvalue weighted by Gasteiger charge is -2.24. The van der Waals surface area contributed by atoms with Crippen molar-refractivity contribution in [2.45, 2.75) is 33.7 Å². The number of likely N-dealkylation sites (N-methyl/N-ethyl adjacent to an activating group) is 1. The highest BCUT2D eigenvalue weighted by atomic mass is 16.5. The lowest BCUT2D eigenvalue weighted by Crippen LogP contribution is -2.41. The number of nitrogens with one attached hydrogen (secondary N) is 1. The van der Waals surface area contributed by atoms with Crippen molar-refractivity contribution in [3.63, 3.8) is 0 Å². The average Bonchev–Trinajstić information content (AvgIpc) is 2.90.